The lowest BCUT2D eigenvalue weighted by atomic mass is 10.1. The number of fused-ring (bicyclic) bond motifs is 1. The molecule has 1 aromatic heterocycles. The molecule has 0 atom stereocenters. The maximum absolute atomic E-state index is 14.4. The van der Waals surface area contributed by atoms with Gasteiger partial charge in [0.25, 0.3) is 0 Å². The number of rotatable bonds is 11. The standard InChI is InChI=1S/C31H29ClN4O5S/c1-40-26-11-7-21(8-12-26)19-36(20-22-9-13-27(41-2)14-10-22)42(38,39)29-17-25(15-24-18-33-35-31(24)29)34-30(37)16-23-5-3-4-6-28(23)32/h3-15,17-18H,16,19-20H2,1-2H3,(H,33,35)(H,34,37). The van der Waals surface area contributed by atoms with E-state index in [1.165, 1.54) is 10.4 Å². The minimum absolute atomic E-state index is 0.0312. The molecular weight excluding hydrogens is 576 g/mol. The SMILES string of the molecule is COc1ccc(CN(Cc2ccc(OC)cc2)S(=O)(=O)c2cc(NC(=O)Cc3ccccc3Cl)cc3c[nH]nc23)cc1. The third kappa shape index (κ3) is 6.57. The van der Waals surface area contributed by atoms with Gasteiger partial charge in [-0.25, -0.2) is 8.42 Å². The van der Waals surface area contributed by atoms with Crippen LogP contribution in [0.5, 0.6) is 11.5 Å². The van der Waals surface area contributed by atoms with Crippen LogP contribution in [-0.4, -0.2) is 43.0 Å². The molecule has 11 heteroatoms. The van der Waals surface area contributed by atoms with E-state index >= 15 is 0 Å². The van der Waals surface area contributed by atoms with Gasteiger partial charge in [-0.05, 0) is 59.2 Å². The number of sulfonamides is 1. The van der Waals surface area contributed by atoms with Crippen LogP contribution < -0.4 is 14.8 Å². The summed E-state index contributed by atoms with van der Waals surface area (Å²) >= 11 is 6.23. The largest absolute Gasteiger partial charge is 0.497 e. The number of amides is 1. The van der Waals surface area contributed by atoms with Crippen LogP contribution in [0.3, 0.4) is 0 Å². The van der Waals surface area contributed by atoms with Gasteiger partial charge in [0, 0.05) is 35.4 Å². The Morgan fingerprint density at radius 3 is 2.07 bits per heavy atom. The van der Waals surface area contributed by atoms with E-state index in [2.05, 4.69) is 15.5 Å². The van der Waals surface area contributed by atoms with Crippen molar-refractivity contribution in [1.29, 1.82) is 0 Å². The number of carbonyl (C=O) groups excluding carboxylic acids is 1. The van der Waals surface area contributed by atoms with Crippen molar-refractivity contribution in [3.63, 3.8) is 0 Å². The normalized spacial score (nSPS) is 11.5. The number of methoxy groups -OCH3 is 2. The number of anilines is 1. The molecule has 0 saturated carbocycles. The van der Waals surface area contributed by atoms with Crippen molar-refractivity contribution >= 4 is 44.1 Å². The van der Waals surface area contributed by atoms with Crippen molar-refractivity contribution in [2.24, 2.45) is 0 Å². The maximum Gasteiger partial charge on any atom is 0.246 e. The topological polar surface area (TPSA) is 114 Å². The Bertz CT molecular complexity index is 1760. The molecule has 216 valence electrons. The Morgan fingerprint density at radius 2 is 1.50 bits per heavy atom. The van der Waals surface area contributed by atoms with Crippen LogP contribution in [0, 0.1) is 0 Å². The minimum Gasteiger partial charge on any atom is -0.497 e. The molecular formula is C31H29ClN4O5S. The van der Waals surface area contributed by atoms with Crippen molar-refractivity contribution in [2.75, 3.05) is 19.5 Å². The van der Waals surface area contributed by atoms with Gasteiger partial charge in [0.1, 0.15) is 21.9 Å². The molecule has 0 fully saturated rings. The number of hydrogen-bond acceptors (Lipinski definition) is 6. The van der Waals surface area contributed by atoms with Crippen LogP contribution in [0.2, 0.25) is 5.02 Å². The number of carbonyl (C=O) groups is 1. The fourth-order valence-electron chi connectivity index (χ4n) is 4.55. The number of nitrogens with zero attached hydrogens (tertiary/aromatic N) is 2. The van der Waals surface area contributed by atoms with Crippen molar-refractivity contribution in [2.45, 2.75) is 24.4 Å². The minimum atomic E-state index is -4.13. The molecule has 0 aliphatic rings. The van der Waals surface area contributed by atoms with Crippen LogP contribution in [0.15, 0.2) is 96.0 Å². The Labute approximate surface area is 249 Å². The average molecular weight is 605 g/mol. The number of aromatic nitrogens is 2. The molecule has 0 saturated heterocycles. The third-order valence-corrected chi connectivity index (χ3v) is 8.92. The molecule has 4 aromatic carbocycles. The summed E-state index contributed by atoms with van der Waals surface area (Å²) in [5.74, 6) is 1.01. The van der Waals surface area contributed by atoms with E-state index < -0.39 is 10.0 Å². The molecule has 0 aliphatic heterocycles. The van der Waals surface area contributed by atoms with Crippen LogP contribution in [0.25, 0.3) is 10.9 Å². The Morgan fingerprint density at radius 1 is 0.905 bits per heavy atom. The van der Waals surface area contributed by atoms with E-state index in [1.54, 1.807) is 75.0 Å². The van der Waals surface area contributed by atoms with Gasteiger partial charge >= 0.3 is 0 Å². The van der Waals surface area contributed by atoms with E-state index in [4.69, 9.17) is 21.1 Å². The maximum atomic E-state index is 14.4. The zero-order valence-electron chi connectivity index (χ0n) is 23.0. The van der Waals surface area contributed by atoms with E-state index in [0.717, 1.165) is 11.1 Å². The fraction of sp³-hybridized carbons (Fsp3) is 0.161. The first-order valence-electron chi connectivity index (χ1n) is 13.0. The van der Waals surface area contributed by atoms with Crippen LogP contribution >= 0.6 is 11.6 Å². The van der Waals surface area contributed by atoms with Crippen molar-refractivity contribution in [3.05, 3.63) is 113 Å². The molecule has 1 heterocycles. The van der Waals surface area contributed by atoms with Crippen LogP contribution in [0.4, 0.5) is 5.69 Å². The lowest BCUT2D eigenvalue weighted by Gasteiger charge is -2.23. The van der Waals surface area contributed by atoms with Crippen LogP contribution in [-0.2, 0) is 34.3 Å². The fourth-order valence-corrected chi connectivity index (χ4v) is 6.35. The molecule has 1 amide bonds. The number of hydrogen-bond donors (Lipinski definition) is 2. The van der Waals surface area contributed by atoms with Gasteiger partial charge in [-0.3, -0.25) is 9.89 Å². The van der Waals surface area contributed by atoms with Gasteiger partial charge in [-0.15, -0.1) is 0 Å². The van der Waals surface area contributed by atoms with Gasteiger partial charge in [0.2, 0.25) is 15.9 Å². The van der Waals surface area contributed by atoms with Gasteiger partial charge in [0.15, 0.2) is 0 Å². The summed E-state index contributed by atoms with van der Waals surface area (Å²) in [6.07, 6.45) is 1.63. The number of ether oxygens (including phenoxy) is 2. The zero-order valence-corrected chi connectivity index (χ0v) is 24.6. The van der Waals surface area contributed by atoms with E-state index in [1.807, 2.05) is 24.3 Å². The predicted molar refractivity (Wildman–Crippen MR) is 162 cm³/mol. The second kappa shape index (κ2) is 12.6. The van der Waals surface area contributed by atoms with E-state index in [0.29, 0.717) is 33.2 Å². The van der Waals surface area contributed by atoms with E-state index in [9.17, 15) is 13.2 Å². The molecule has 42 heavy (non-hydrogen) atoms. The first-order valence-corrected chi connectivity index (χ1v) is 14.9. The monoisotopic (exact) mass is 604 g/mol. The Hall–Kier alpha value is -4.38. The number of benzene rings is 4. The summed E-state index contributed by atoms with van der Waals surface area (Å²) in [5, 5.41) is 10.8. The van der Waals surface area contributed by atoms with Gasteiger partial charge < -0.3 is 14.8 Å². The number of H-pyrrole nitrogens is 1. The summed E-state index contributed by atoms with van der Waals surface area (Å²) in [7, 11) is -0.985. The first kappa shape index (κ1) is 29.1. The Kier molecular flexibility index (Phi) is 8.77. The zero-order chi connectivity index (χ0) is 29.7. The van der Waals surface area contributed by atoms with Crippen LogP contribution in [0.1, 0.15) is 16.7 Å². The van der Waals surface area contributed by atoms with Gasteiger partial charge in [0.05, 0.1) is 20.6 Å². The molecule has 5 rings (SSSR count). The molecule has 9 nitrogen and oxygen atoms in total. The third-order valence-electron chi connectivity index (χ3n) is 6.75. The molecule has 0 unspecified atom stereocenters. The summed E-state index contributed by atoms with van der Waals surface area (Å²) in [6, 6.07) is 24.6. The average Bonchev–Trinajstić information content (AvgIpc) is 3.47. The summed E-state index contributed by atoms with van der Waals surface area (Å²) < 4.78 is 40.6. The molecule has 0 bridgehead atoms. The van der Waals surface area contributed by atoms with Crippen molar-refractivity contribution < 1.29 is 22.7 Å². The van der Waals surface area contributed by atoms with E-state index in [-0.39, 0.29) is 35.8 Å². The Balaban J connectivity index is 1.50. The highest BCUT2D eigenvalue weighted by molar-refractivity contribution is 7.89. The summed E-state index contributed by atoms with van der Waals surface area (Å²) in [4.78, 5) is 12.9. The highest BCUT2D eigenvalue weighted by Gasteiger charge is 2.29. The smallest absolute Gasteiger partial charge is 0.246 e. The number of halogens is 1. The molecule has 0 spiro atoms. The molecule has 5 aromatic rings. The lowest BCUT2D eigenvalue weighted by molar-refractivity contribution is -0.115. The number of aromatic amines is 1. The second-order valence-electron chi connectivity index (χ2n) is 9.58. The van der Waals surface area contributed by atoms with Gasteiger partial charge in [-0.2, -0.15) is 9.40 Å². The first-order chi connectivity index (χ1) is 20.3. The summed E-state index contributed by atoms with van der Waals surface area (Å²) in [5.41, 5.74) is 2.81. The molecule has 2 N–H and O–H groups in total. The van der Waals surface area contributed by atoms with Crippen molar-refractivity contribution in [3.8, 4) is 11.5 Å². The summed E-state index contributed by atoms with van der Waals surface area (Å²) in [6.45, 7) is 0.181. The molecule has 0 radical (unpaired) electrons. The highest BCUT2D eigenvalue weighted by Crippen LogP contribution is 2.31. The lowest BCUT2D eigenvalue weighted by Crippen LogP contribution is -2.30. The number of nitrogens with one attached hydrogen (secondary N) is 2. The highest BCUT2D eigenvalue weighted by atomic mass is 35.5. The molecule has 0 aliphatic carbocycles. The second-order valence-corrected chi connectivity index (χ2v) is 11.9. The quantitative estimate of drug-likeness (QED) is 0.197. The van der Waals surface area contributed by atoms with Crippen molar-refractivity contribution in [1.82, 2.24) is 14.5 Å². The van der Waals surface area contributed by atoms with Gasteiger partial charge in [-0.1, -0.05) is 54.1 Å². The predicted octanol–water partition coefficient (Wildman–Crippen LogP) is 5.81.